The van der Waals surface area contributed by atoms with Crippen molar-refractivity contribution in [3.63, 3.8) is 0 Å². The summed E-state index contributed by atoms with van der Waals surface area (Å²) in [6.07, 6.45) is 0.640. The van der Waals surface area contributed by atoms with Crippen LogP contribution >= 0.6 is 0 Å². The van der Waals surface area contributed by atoms with Crippen molar-refractivity contribution < 1.29 is 14.6 Å². The zero-order chi connectivity index (χ0) is 12.1. The van der Waals surface area contributed by atoms with Gasteiger partial charge in [0.05, 0.1) is 6.61 Å². The number of aromatic carboxylic acids is 1. The van der Waals surface area contributed by atoms with Crippen LogP contribution in [-0.4, -0.2) is 27.7 Å². The van der Waals surface area contributed by atoms with Gasteiger partial charge in [-0.25, -0.2) is 9.78 Å². The van der Waals surface area contributed by atoms with Gasteiger partial charge in [0.15, 0.2) is 5.69 Å². The molecule has 0 saturated heterocycles. The van der Waals surface area contributed by atoms with Gasteiger partial charge < -0.3 is 9.84 Å². The lowest BCUT2D eigenvalue weighted by Crippen LogP contribution is -2.09. The van der Waals surface area contributed by atoms with E-state index in [2.05, 4.69) is 9.97 Å². The molecule has 1 rings (SSSR count). The maximum Gasteiger partial charge on any atom is 0.354 e. The van der Waals surface area contributed by atoms with Crippen molar-refractivity contribution in [1.29, 1.82) is 0 Å². The predicted octanol–water partition coefficient (Wildman–Crippen LogP) is 1.77. The van der Waals surface area contributed by atoms with Gasteiger partial charge in [0.1, 0.15) is 5.82 Å². The third-order valence-electron chi connectivity index (χ3n) is 1.85. The van der Waals surface area contributed by atoms with E-state index in [0.29, 0.717) is 30.7 Å². The number of carbonyl (C=O) groups is 1. The molecule has 0 aromatic carbocycles. The molecule has 1 N–H and O–H groups in total. The lowest BCUT2D eigenvalue weighted by Gasteiger charge is -2.07. The molecule has 0 bridgehead atoms. The van der Waals surface area contributed by atoms with Gasteiger partial charge in [0, 0.05) is 12.5 Å². The Morgan fingerprint density at radius 2 is 2.19 bits per heavy atom. The summed E-state index contributed by atoms with van der Waals surface area (Å²) >= 11 is 0. The van der Waals surface area contributed by atoms with E-state index in [0.717, 1.165) is 0 Å². The molecule has 0 aliphatic heterocycles. The minimum atomic E-state index is -1.06. The molecule has 0 saturated carbocycles. The monoisotopic (exact) mass is 224 g/mol. The predicted molar refractivity (Wildman–Crippen MR) is 58.7 cm³/mol. The SMILES string of the molecule is CCOc1cc(C(=O)O)nc(CC(C)C)n1. The van der Waals surface area contributed by atoms with E-state index < -0.39 is 5.97 Å². The maximum absolute atomic E-state index is 10.8. The Kier molecular flexibility index (Phi) is 4.22. The molecule has 0 unspecified atom stereocenters. The average Bonchev–Trinajstić information content (AvgIpc) is 2.16. The Balaban J connectivity index is 3.03. The van der Waals surface area contributed by atoms with E-state index in [4.69, 9.17) is 9.84 Å². The molecule has 0 spiro atoms. The fourth-order valence-corrected chi connectivity index (χ4v) is 1.26. The normalized spacial score (nSPS) is 10.5. The highest BCUT2D eigenvalue weighted by atomic mass is 16.5. The number of carboxylic acid groups (broad SMARTS) is 1. The highest BCUT2D eigenvalue weighted by Crippen LogP contribution is 2.12. The first-order valence-electron chi connectivity index (χ1n) is 5.27. The quantitative estimate of drug-likeness (QED) is 0.825. The number of hydrogen-bond donors (Lipinski definition) is 1. The first-order chi connectivity index (χ1) is 7.52. The van der Waals surface area contributed by atoms with Crippen LogP contribution in [0.1, 0.15) is 37.1 Å². The Labute approximate surface area is 94.5 Å². The molecule has 1 heterocycles. The number of carboxylic acids is 1. The molecule has 1 aromatic heterocycles. The van der Waals surface area contributed by atoms with Crippen LogP contribution in [0.4, 0.5) is 0 Å². The number of rotatable bonds is 5. The number of ether oxygens (including phenoxy) is 1. The van der Waals surface area contributed by atoms with Gasteiger partial charge in [-0.15, -0.1) is 0 Å². The number of aromatic nitrogens is 2. The second-order valence-corrected chi connectivity index (χ2v) is 3.84. The van der Waals surface area contributed by atoms with Gasteiger partial charge in [-0.2, -0.15) is 4.98 Å². The highest BCUT2D eigenvalue weighted by molar-refractivity contribution is 5.85. The third-order valence-corrected chi connectivity index (χ3v) is 1.85. The Bertz CT molecular complexity index is 377. The summed E-state index contributed by atoms with van der Waals surface area (Å²) in [7, 11) is 0. The molecule has 88 valence electrons. The van der Waals surface area contributed by atoms with Crippen molar-refractivity contribution >= 4 is 5.97 Å². The van der Waals surface area contributed by atoms with Crippen molar-refractivity contribution in [3.05, 3.63) is 17.6 Å². The Hall–Kier alpha value is -1.65. The highest BCUT2D eigenvalue weighted by Gasteiger charge is 2.11. The van der Waals surface area contributed by atoms with Crippen molar-refractivity contribution in [3.8, 4) is 5.88 Å². The van der Waals surface area contributed by atoms with Crippen LogP contribution in [-0.2, 0) is 6.42 Å². The number of nitrogens with zero attached hydrogens (tertiary/aromatic N) is 2. The number of hydrogen-bond acceptors (Lipinski definition) is 4. The van der Waals surface area contributed by atoms with Crippen molar-refractivity contribution in [2.24, 2.45) is 5.92 Å². The van der Waals surface area contributed by atoms with Crippen LogP contribution in [0.5, 0.6) is 5.88 Å². The summed E-state index contributed by atoms with van der Waals surface area (Å²) in [5.41, 5.74) is -0.0194. The largest absolute Gasteiger partial charge is 0.478 e. The first kappa shape index (κ1) is 12.4. The molecule has 5 nitrogen and oxygen atoms in total. The standard InChI is InChI=1S/C11H16N2O3/c1-4-16-10-6-8(11(14)15)12-9(13-10)5-7(2)3/h6-7H,4-5H2,1-3H3,(H,14,15). The maximum atomic E-state index is 10.8. The summed E-state index contributed by atoms with van der Waals surface area (Å²) in [4.78, 5) is 19.0. The first-order valence-corrected chi connectivity index (χ1v) is 5.27. The molecule has 0 atom stereocenters. The summed E-state index contributed by atoms with van der Waals surface area (Å²) in [5.74, 6) is 0.149. The molecule has 5 heteroatoms. The van der Waals surface area contributed by atoms with E-state index in [-0.39, 0.29) is 5.69 Å². The molecular weight excluding hydrogens is 208 g/mol. The average molecular weight is 224 g/mol. The lowest BCUT2D eigenvalue weighted by molar-refractivity contribution is 0.0689. The summed E-state index contributed by atoms with van der Waals surface area (Å²) in [5, 5.41) is 8.89. The second kappa shape index (κ2) is 5.44. The van der Waals surface area contributed by atoms with Crippen LogP contribution in [0.15, 0.2) is 6.07 Å². The van der Waals surface area contributed by atoms with E-state index in [1.165, 1.54) is 6.07 Å². The van der Waals surface area contributed by atoms with E-state index in [1.54, 1.807) is 0 Å². The van der Waals surface area contributed by atoms with E-state index in [9.17, 15) is 4.79 Å². The van der Waals surface area contributed by atoms with E-state index >= 15 is 0 Å². The zero-order valence-electron chi connectivity index (χ0n) is 9.73. The molecule has 1 aromatic rings. The summed E-state index contributed by atoms with van der Waals surface area (Å²) < 4.78 is 5.20. The van der Waals surface area contributed by atoms with Crippen LogP contribution in [0, 0.1) is 5.92 Å². The lowest BCUT2D eigenvalue weighted by atomic mass is 10.1. The van der Waals surface area contributed by atoms with Crippen molar-refractivity contribution in [2.45, 2.75) is 27.2 Å². The molecule has 0 aliphatic rings. The van der Waals surface area contributed by atoms with Gasteiger partial charge in [-0.3, -0.25) is 0 Å². The van der Waals surface area contributed by atoms with Gasteiger partial charge in [0.2, 0.25) is 5.88 Å². The topological polar surface area (TPSA) is 72.3 Å². The van der Waals surface area contributed by atoms with Crippen LogP contribution in [0.2, 0.25) is 0 Å². The summed E-state index contributed by atoms with van der Waals surface area (Å²) in [6, 6.07) is 1.34. The van der Waals surface area contributed by atoms with Crippen LogP contribution < -0.4 is 4.74 Å². The molecule has 0 aliphatic carbocycles. The Morgan fingerprint density at radius 3 is 2.69 bits per heavy atom. The molecule has 16 heavy (non-hydrogen) atoms. The molecular formula is C11H16N2O3. The van der Waals surface area contributed by atoms with Crippen molar-refractivity contribution in [1.82, 2.24) is 9.97 Å². The van der Waals surface area contributed by atoms with Crippen LogP contribution in [0.3, 0.4) is 0 Å². The molecule has 0 fully saturated rings. The van der Waals surface area contributed by atoms with Crippen LogP contribution in [0.25, 0.3) is 0 Å². The Morgan fingerprint density at radius 1 is 1.50 bits per heavy atom. The minimum absolute atomic E-state index is 0.0194. The smallest absolute Gasteiger partial charge is 0.354 e. The summed E-state index contributed by atoms with van der Waals surface area (Å²) in [6.45, 7) is 6.33. The van der Waals surface area contributed by atoms with Gasteiger partial charge in [0.25, 0.3) is 0 Å². The minimum Gasteiger partial charge on any atom is -0.478 e. The van der Waals surface area contributed by atoms with Gasteiger partial charge in [-0.05, 0) is 12.8 Å². The van der Waals surface area contributed by atoms with Crippen molar-refractivity contribution in [2.75, 3.05) is 6.61 Å². The fourth-order valence-electron chi connectivity index (χ4n) is 1.26. The van der Waals surface area contributed by atoms with Gasteiger partial charge in [-0.1, -0.05) is 13.8 Å². The molecule has 0 amide bonds. The fraction of sp³-hybridized carbons (Fsp3) is 0.545. The second-order valence-electron chi connectivity index (χ2n) is 3.84. The van der Waals surface area contributed by atoms with Gasteiger partial charge >= 0.3 is 5.97 Å². The third kappa shape index (κ3) is 3.49. The van der Waals surface area contributed by atoms with E-state index in [1.807, 2.05) is 20.8 Å². The molecule has 0 radical (unpaired) electrons. The zero-order valence-corrected chi connectivity index (χ0v) is 9.73.